The van der Waals surface area contributed by atoms with Crippen LogP contribution in [0.4, 0.5) is 20.9 Å². The molecule has 0 radical (unpaired) electrons. The normalized spacial score (nSPS) is 10.9. The highest BCUT2D eigenvalue weighted by atomic mass is 79.9. The largest absolute Gasteiger partial charge is 0.399 e. The Morgan fingerprint density at radius 2 is 2.10 bits per heavy atom. The quantitative estimate of drug-likeness (QED) is 0.610. The molecule has 0 aliphatic rings. The lowest BCUT2D eigenvalue weighted by molar-refractivity contribution is 0.627. The first-order chi connectivity index (χ1) is 9.52. The van der Waals surface area contributed by atoms with Crippen molar-refractivity contribution in [3.63, 3.8) is 0 Å². The van der Waals surface area contributed by atoms with Gasteiger partial charge in [0.1, 0.15) is 5.82 Å². The molecule has 3 aromatic rings. The van der Waals surface area contributed by atoms with E-state index in [1.807, 2.05) is 12.1 Å². The fourth-order valence-corrected chi connectivity index (χ4v) is 3.58. The molecule has 102 valence electrons. The van der Waals surface area contributed by atoms with E-state index in [1.165, 1.54) is 23.5 Å². The van der Waals surface area contributed by atoms with Crippen LogP contribution in [0.25, 0.3) is 10.2 Å². The van der Waals surface area contributed by atoms with E-state index in [0.717, 1.165) is 10.2 Å². The molecule has 3 N–H and O–H groups in total. The SMILES string of the molecule is Nc1ccc2nc(Nc3c(Cl)cc(F)cc3Br)sc2c1. The van der Waals surface area contributed by atoms with Crippen LogP contribution in [0.3, 0.4) is 0 Å². The summed E-state index contributed by atoms with van der Waals surface area (Å²) in [6, 6.07) is 8.11. The number of hydrogen-bond acceptors (Lipinski definition) is 4. The predicted octanol–water partition coefficient (Wildman–Crippen LogP) is 5.18. The maximum absolute atomic E-state index is 13.2. The summed E-state index contributed by atoms with van der Waals surface area (Å²) in [6.07, 6.45) is 0. The van der Waals surface area contributed by atoms with Gasteiger partial charge in [-0.15, -0.1) is 0 Å². The van der Waals surface area contributed by atoms with Crippen LogP contribution in [0.1, 0.15) is 0 Å². The summed E-state index contributed by atoms with van der Waals surface area (Å²) in [5.74, 6) is -0.399. The van der Waals surface area contributed by atoms with Gasteiger partial charge >= 0.3 is 0 Å². The number of nitrogens with two attached hydrogens (primary N) is 1. The number of fused-ring (bicyclic) bond motifs is 1. The molecule has 2 aromatic carbocycles. The van der Waals surface area contributed by atoms with E-state index in [9.17, 15) is 4.39 Å². The van der Waals surface area contributed by atoms with Gasteiger partial charge in [0, 0.05) is 10.2 Å². The fourth-order valence-electron chi connectivity index (χ4n) is 1.76. The molecule has 0 saturated carbocycles. The molecule has 1 aromatic heterocycles. The monoisotopic (exact) mass is 371 g/mol. The minimum atomic E-state index is -0.399. The van der Waals surface area contributed by atoms with Crippen LogP contribution < -0.4 is 11.1 Å². The van der Waals surface area contributed by atoms with Gasteiger partial charge in [-0.05, 0) is 46.3 Å². The molecule has 20 heavy (non-hydrogen) atoms. The van der Waals surface area contributed by atoms with Gasteiger partial charge in [-0.2, -0.15) is 0 Å². The van der Waals surface area contributed by atoms with Crippen LogP contribution in [0.2, 0.25) is 5.02 Å². The average Bonchev–Trinajstić information content (AvgIpc) is 2.75. The number of rotatable bonds is 2. The zero-order valence-corrected chi connectivity index (χ0v) is 13.1. The molecule has 0 aliphatic heterocycles. The third-order valence-electron chi connectivity index (χ3n) is 2.65. The Labute approximate surface area is 131 Å². The van der Waals surface area contributed by atoms with Gasteiger partial charge < -0.3 is 11.1 Å². The second-order valence-electron chi connectivity index (χ2n) is 4.12. The molecule has 0 fully saturated rings. The summed E-state index contributed by atoms with van der Waals surface area (Å²) in [4.78, 5) is 4.43. The Morgan fingerprint density at radius 3 is 2.85 bits per heavy atom. The Hall–Kier alpha value is -1.37. The number of nitrogens with zero attached hydrogens (tertiary/aromatic N) is 1. The van der Waals surface area contributed by atoms with Crippen molar-refractivity contribution in [2.75, 3.05) is 11.1 Å². The van der Waals surface area contributed by atoms with Crippen molar-refractivity contribution in [2.45, 2.75) is 0 Å². The molecule has 7 heteroatoms. The second kappa shape index (κ2) is 5.20. The van der Waals surface area contributed by atoms with E-state index < -0.39 is 5.82 Å². The molecular weight excluding hydrogens is 365 g/mol. The van der Waals surface area contributed by atoms with Crippen LogP contribution in [-0.2, 0) is 0 Å². The van der Waals surface area contributed by atoms with E-state index in [0.29, 0.717) is 21.0 Å². The van der Waals surface area contributed by atoms with E-state index in [1.54, 1.807) is 6.07 Å². The molecule has 0 atom stereocenters. The summed E-state index contributed by atoms with van der Waals surface area (Å²) >= 11 is 10.8. The van der Waals surface area contributed by atoms with E-state index in [-0.39, 0.29) is 5.02 Å². The van der Waals surface area contributed by atoms with Crippen molar-refractivity contribution < 1.29 is 4.39 Å². The third-order valence-corrected chi connectivity index (χ3v) is 4.51. The van der Waals surface area contributed by atoms with Crippen LogP contribution >= 0.6 is 38.9 Å². The number of anilines is 3. The number of aromatic nitrogens is 1. The van der Waals surface area contributed by atoms with Gasteiger partial charge in [-0.1, -0.05) is 22.9 Å². The van der Waals surface area contributed by atoms with Gasteiger partial charge in [0.05, 0.1) is 20.9 Å². The second-order valence-corrected chi connectivity index (χ2v) is 6.41. The molecule has 1 heterocycles. The van der Waals surface area contributed by atoms with Crippen LogP contribution in [0, 0.1) is 5.82 Å². The van der Waals surface area contributed by atoms with E-state index >= 15 is 0 Å². The number of thiazole rings is 1. The van der Waals surface area contributed by atoms with E-state index in [2.05, 4.69) is 26.2 Å². The minimum absolute atomic E-state index is 0.288. The predicted molar refractivity (Wildman–Crippen MR) is 86.4 cm³/mol. The highest BCUT2D eigenvalue weighted by Gasteiger charge is 2.11. The first kappa shape index (κ1) is 13.6. The minimum Gasteiger partial charge on any atom is -0.399 e. The van der Waals surface area contributed by atoms with Crippen LogP contribution in [0.15, 0.2) is 34.8 Å². The Balaban J connectivity index is 2.01. The lowest BCUT2D eigenvalue weighted by Gasteiger charge is -2.07. The average molecular weight is 373 g/mol. The summed E-state index contributed by atoms with van der Waals surface area (Å²) < 4.78 is 14.7. The lowest BCUT2D eigenvalue weighted by atomic mass is 10.3. The summed E-state index contributed by atoms with van der Waals surface area (Å²) in [6.45, 7) is 0. The number of nitrogens with one attached hydrogen (secondary N) is 1. The summed E-state index contributed by atoms with van der Waals surface area (Å²) in [5, 5.41) is 4.05. The van der Waals surface area contributed by atoms with Crippen molar-refractivity contribution in [1.82, 2.24) is 4.98 Å². The van der Waals surface area contributed by atoms with E-state index in [4.69, 9.17) is 17.3 Å². The lowest BCUT2D eigenvalue weighted by Crippen LogP contribution is -1.92. The molecule has 0 amide bonds. The molecule has 3 rings (SSSR count). The fraction of sp³-hybridized carbons (Fsp3) is 0. The molecule has 0 bridgehead atoms. The Bertz CT molecular complexity index is 782. The highest BCUT2D eigenvalue weighted by Crippen LogP contribution is 2.36. The smallest absolute Gasteiger partial charge is 0.188 e. The zero-order chi connectivity index (χ0) is 14.3. The van der Waals surface area contributed by atoms with Crippen molar-refractivity contribution in [2.24, 2.45) is 0 Å². The molecule has 0 saturated heterocycles. The first-order valence-corrected chi connectivity index (χ1v) is 7.59. The molecule has 0 spiro atoms. The molecule has 0 unspecified atom stereocenters. The molecular formula is C13H8BrClFN3S. The Morgan fingerprint density at radius 1 is 1.30 bits per heavy atom. The van der Waals surface area contributed by atoms with Gasteiger partial charge in [-0.3, -0.25) is 0 Å². The van der Waals surface area contributed by atoms with Crippen molar-refractivity contribution in [1.29, 1.82) is 0 Å². The number of benzene rings is 2. The van der Waals surface area contributed by atoms with Gasteiger partial charge in [0.2, 0.25) is 0 Å². The van der Waals surface area contributed by atoms with Crippen LogP contribution in [0.5, 0.6) is 0 Å². The molecule has 3 nitrogen and oxygen atoms in total. The topological polar surface area (TPSA) is 50.9 Å². The third kappa shape index (κ3) is 2.59. The maximum Gasteiger partial charge on any atom is 0.188 e. The van der Waals surface area contributed by atoms with Gasteiger partial charge in [0.25, 0.3) is 0 Å². The highest BCUT2D eigenvalue weighted by molar-refractivity contribution is 9.10. The first-order valence-electron chi connectivity index (χ1n) is 5.60. The van der Waals surface area contributed by atoms with Gasteiger partial charge in [-0.25, -0.2) is 9.37 Å². The number of nitrogen functional groups attached to an aromatic ring is 1. The number of halogens is 3. The maximum atomic E-state index is 13.2. The van der Waals surface area contributed by atoms with Gasteiger partial charge in [0.15, 0.2) is 5.13 Å². The summed E-state index contributed by atoms with van der Waals surface area (Å²) in [7, 11) is 0. The standard InChI is InChI=1S/C13H8BrClFN3S/c14-8-3-6(16)4-9(15)12(8)19-13-18-10-2-1-7(17)5-11(10)20-13/h1-5H,17H2,(H,18,19). The molecule has 0 aliphatic carbocycles. The number of hydrogen-bond donors (Lipinski definition) is 2. The van der Waals surface area contributed by atoms with Crippen LogP contribution in [-0.4, -0.2) is 4.98 Å². The van der Waals surface area contributed by atoms with Crippen molar-refractivity contribution in [3.8, 4) is 0 Å². The summed E-state index contributed by atoms with van der Waals surface area (Å²) in [5.41, 5.74) is 7.86. The zero-order valence-electron chi connectivity index (χ0n) is 9.95. The van der Waals surface area contributed by atoms with Crippen molar-refractivity contribution in [3.05, 3.63) is 45.6 Å². The van der Waals surface area contributed by atoms with Crippen molar-refractivity contribution >= 4 is 65.6 Å². The Kier molecular flexibility index (Phi) is 3.54.